The topological polar surface area (TPSA) is 103 Å². The number of aryl methyl sites for hydroxylation is 1. The molecule has 8 nitrogen and oxygen atoms in total. The highest BCUT2D eigenvalue weighted by atomic mass is 32.2. The Bertz CT molecular complexity index is 1000. The number of rotatable bonds is 7. The number of nitrogens with one attached hydrogen (secondary N) is 1. The molecule has 2 aromatic carbocycles. The SMILES string of the molecule is CCn1c(SCC(=O)Nc2c(C)cccc2[N+](=O)[O-])nnc1-c1ccccc1. The third-order valence-corrected chi connectivity index (χ3v) is 5.08. The van der Waals surface area contributed by atoms with Crippen molar-refractivity contribution in [2.24, 2.45) is 0 Å². The number of thioether (sulfide) groups is 1. The molecule has 0 radical (unpaired) electrons. The number of carbonyl (C=O) groups is 1. The van der Waals surface area contributed by atoms with Crippen LogP contribution in [0.25, 0.3) is 11.4 Å². The van der Waals surface area contributed by atoms with Crippen molar-refractivity contribution >= 4 is 29.0 Å². The molecule has 0 aliphatic rings. The number of hydrogen-bond acceptors (Lipinski definition) is 6. The molecule has 144 valence electrons. The highest BCUT2D eigenvalue weighted by molar-refractivity contribution is 7.99. The highest BCUT2D eigenvalue weighted by Gasteiger charge is 2.19. The maximum Gasteiger partial charge on any atom is 0.293 e. The van der Waals surface area contributed by atoms with Gasteiger partial charge in [0.25, 0.3) is 5.69 Å². The number of nitro groups is 1. The minimum absolute atomic E-state index is 0.0679. The molecule has 0 atom stereocenters. The summed E-state index contributed by atoms with van der Waals surface area (Å²) in [7, 11) is 0. The molecule has 0 saturated heterocycles. The van der Waals surface area contributed by atoms with E-state index in [9.17, 15) is 14.9 Å². The van der Waals surface area contributed by atoms with Crippen LogP contribution in [0.15, 0.2) is 53.7 Å². The Hall–Kier alpha value is -3.20. The maximum absolute atomic E-state index is 12.4. The average molecular weight is 397 g/mol. The predicted molar refractivity (Wildman–Crippen MR) is 108 cm³/mol. The van der Waals surface area contributed by atoms with Crippen LogP contribution in [0.3, 0.4) is 0 Å². The smallest absolute Gasteiger partial charge is 0.293 e. The van der Waals surface area contributed by atoms with Crippen LogP contribution < -0.4 is 5.32 Å². The fourth-order valence-corrected chi connectivity index (χ4v) is 3.56. The predicted octanol–water partition coefficient (Wildman–Crippen LogP) is 3.91. The number of benzene rings is 2. The lowest BCUT2D eigenvalue weighted by atomic mass is 10.1. The Labute approximate surface area is 166 Å². The minimum Gasteiger partial charge on any atom is -0.319 e. The van der Waals surface area contributed by atoms with Crippen LogP contribution >= 0.6 is 11.8 Å². The number of anilines is 1. The van der Waals surface area contributed by atoms with E-state index in [0.717, 1.165) is 11.4 Å². The summed E-state index contributed by atoms with van der Waals surface area (Å²) in [6.45, 7) is 4.36. The first-order valence-corrected chi connectivity index (χ1v) is 9.65. The summed E-state index contributed by atoms with van der Waals surface area (Å²) in [5.74, 6) is 0.466. The summed E-state index contributed by atoms with van der Waals surface area (Å²) in [6.07, 6.45) is 0. The van der Waals surface area contributed by atoms with Crippen molar-refractivity contribution in [2.75, 3.05) is 11.1 Å². The van der Waals surface area contributed by atoms with Crippen LogP contribution in [0.1, 0.15) is 12.5 Å². The Morgan fingerprint density at radius 3 is 2.61 bits per heavy atom. The molecule has 0 unspecified atom stereocenters. The van der Waals surface area contributed by atoms with E-state index in [0.29, 0.717) is 17.3 Å². The molecule has 3 aromatic rings. The van der Waals surface area contributed by atoms with E-state index in [-0.39, 0.29) is 23.0 Å². The summed E-state index contributed by atoms with van der Waals surface area (Å²) < 4.78 is 1.93. The third-order valence-electron chi connectivity index (χ3n) is 4.11. The van der Waals surface area contributed by atoms with E-state index in [2.05, 4.69) is 15.5 Å². The summed E-state index contributed by atoms with van der Waals surface area (Å²) in [5.41, 5.74) is 1.68. The first kappa shape index (κ1) is 19.6. The van der Waals surface area contributed by atoms with Gasteiger partial charge in [0.1, 0.15) is 5.69 Å². The molecule has 0 fully saturated rings. The summed E-state index contributed by atoms with van der Waals surface area (Å²) in [6, 6.07) is 14.4. The Balaban J connectivity index is 1.73. The normalized spacial score (nSPS) is 10.6. The molecular weight excluding hydrogens is 378 g/mol. The molecule has 0 bridgehead atoms. The first-order valence-electron chi connectivity index (χ1n) is 8.66. The number of amides is 1. The van der Waals surface area contributed by atoms with Gasteiger partial charge in [0.05, 0.1) is 10.7 Å². The van der Waals surface area contributed by atoms with Gasteiger partial charge in [0.2, 0.25) is 5.91 Å². The van der Waals surface area contributed by atoms with Crippen LogP contribution in [0.2, 0.25) is 0 Å². The number of para-hydroxylation sites is 1. The van der Waals surface area contributed by atoms with E-state index in [4.69, 9.17) is 0 Å². The first-order chi connectivity index (χ1) is 13.5. The number of hydrogen-bond donors (Lipinski definition) is 1. The summed E-state index contributed by atoms with van der Waals surface area (Å²) in [5, 5.41) is 22.9. The molecule has 0 aliphatic heterocycles. The molecule has 1 aromatic heterocycles. The molecule has 3 rings (SSSR count). The van der Waals surface area contributed by atoms with Crippen molar-refractivity contribution in [3.8, 4) is 11.4 Å². The quantitative estimate of drug-likeness (QED) is 0.368. The molecule has 0 saturated carbocycles. The standard InChI is InChI=1S/C19H19N5O3S/c1-3-23-18(14-9-5-4-6-10-14)21-22-19(23)28-12-16(25)20-17-13(2)8-7-11-15(17)24(26)27/h4-11H,3,12H2,1-2H3,(H,20,25). The number of aromatic nitrogens is 3. The molecule has 1 heterocycles. The van der Waals surface area contributed by atoms with Crippen LogP contribution in [-0.2, 0) is 11.3 Å². The third kappa shape index (κ3) is 4.20. The lowest BCUT2D eigenvalue weighted by molar-refractivity contribution is -0.384. The van der Waals surface area contributed by atoms with Gasteiger partial charge < -0.3 is 9.88 Å². The van der Waals surface area contributed by atoms with Crippen LogP contribution in [-0.4, -0.2) is 31.3 Å². The van der Waals surface area contributed by atoms with Crippen molar-refractivity contribution in [1.82, 2.24) is 14.8 Å². The largest absolute Gasteiger partial charge is 0.319 e. The Morgan fingerprint density at radius 1 is 1.18 bits per heavy atom. The second kappa shape index (κ2) is 8.66. The summed E-state index contributed by atoms with van der Waals surface area (Å²) >= 11 is 1.24. The fourth-order valence-electron chi connectivity index (χ4n) is 2.75. The molecule has 0 aliphatic carbocycles. The van der Waals surface area contributed by atoms with Gasteiger partial charge in [-0.05, 0) is 19.4 Å². The lowest BCUT2D eigenvalue weighted by Gasteiger charge is -2.09. The fraction of sp³-hybridized carbons (Fsp3) is 0.211. The lowest BCUT2D eigenvalue weighted by Crippen LogP contribution is -2.16. The van der Waals surface area contributed by atoms with Gasteiger partial charge >= 0.3 is 0 Å². The molecule has 1 N–H and O–H groups in total. The van der Waals surface area contributed by atoms with E-state index >= 15 is 0 Å². The monoisotopic (exact) mass is 397 g/mol. The van der Waals surface area contributed by atoms with Crippen LogP contribution in [0.5, 0.6) is 0 Å². The van der Waals surface area contributed by atoms with Gasteiger partial charge in [0.15, 0.2) is 11.0 Å². The average Bonchev–Trinajstić information content (AvgIpc) is 3.11. The highest BCUT2D eigenvalue weighted by Crippen LogP contribution is 2.28. The Kier molecular flexibility index (Phi) is 6.05. The second-order valence-corrected chi connectivity index (χ2v) is 6.92. The van der Waals surface area contributed by atoms with E-state index in [1.807, 2.05) is 41.8 Å². The van der Waals surface area contributed by atoms with Gasteiger partial charge in [-0.25, -0.2) is 0 Å². The van der Waals surface area contributed by atoms with Crippen molar-refractivity contribution in [1.29, 1.82) is 0 Å². The van der Waals surface area contributed by atoms with E-state index in [1.165, 1.54) is 17.8 Å². The van der Waals surface area contributed by atoms with Crippen molar-refractivity contribution in [3.05, 3.63) is 64.2 Å². The van der Waals surface area contributed by atoms with Crippen LogP contribution in [0, 0.1) is 17.0 Å². The van der Waals surface area contributed by atoms with Gasteiger partial charge in [-0.1, -0.05) is 54.2 Å². The van der Waals surface area contributed by atoms with Gasteiger partial charge in [0, 0.05) is 18.2 Å². The van der Waals surface area contributed by atoms with Gasteiger partial charge in [-0.2, -0.15) is 0 Å². The van der Waals surface area contributed by atoms with Gasteiger partial charge in [-0.3, -0.25) is 14.9 Å². The number of carbonyl (C=O) groups excluding carboxylic acids is 1. The molecule has 28 heavy (non-hydrogen) atoms. The molecular formula is C19H19N5O3S. The zero-order valence-corrected chi connectivity index (χ0v) is 16.3. The van der Waals surface area contributed by atoms with Crippen molar-refractivity contribution in [3.63, 3.8) is 0 Å². The zero-order valence-electron chi connectivity index (χ0n) is 15.5. The number of nitrogens with zero attached hydrogens (tertiary/aromatic N) is 4. The minimum atomic E-state index is -0.504. The van der Waals surface area contributed by atoms with Crippen molar-refractivity contribution < 1.29 is 9.72 Å². The Morgan fingerprint density at radius 2 is 1.93 bits per heavy atom. The van der Waals surface area contributed by atoms with E-state index < -0.39 is 4.92 Å². The van der Waals surface area contributed by atoms with Gasteiger partial charge in [-0.15, -0.1) is 10.2 Å². The maximum atomic E-state index is 12.4. The summed E-state index contributed by atoms with van der Waals surface area (Å²) in [4.78, 5) is 23.1. The zero-order chi connectivity index (χ0) is 20.1. The van der Waals surface area contributed by atoms with E-state index in [1.54, 1.807) is 19.1 Å². The molecule has 9 heteroatoms. The van der Waals surface area contributed by atoms with Crippen molar-refractivity contribution in [2.45, 2.75) is 25.5 Å². The molecule has 1 amide bonds. The second-order valence-electron chi connectivity index (χ2n) is 5.98. The molecule has 0 spiro atoms. The van der Waals surface area contributed by atoms with Crippen LogP contribution in [0.4, 0.5) is 11.4 Å². The number of nitro benzene ring substituents is 1.